The maximum atomic E-state index is 9.25. The SMILES string of the molecule is CCCC[C@H]1CC[C@@H](O)CC1. The van der Waals surface area contributed by atoms with Crippen LogP contribution >= 0.6 is 0 Å². The van der Waals surface area contributed by atoms with Gasteiger partial charge in [-0.2, -0.15) is 0 Å². The van der Waals surface area contributed by atoms with E-state index < -0.39 is 0 Å². The molecule has 0 unspecified atom stereocenters. The summed E-state index contributed by atoms with van der Waals surface area (Å²) >= 11 is 0. The van der Waals surface area contributed by atoms with E-state index in [-0.39, 0.29) is 6.10 Å². The minimum atomic E-state index is 0.0212. The van der Waals surface area contributed by atoms with Crippen molar-refractivity contribution in [3.63, 3.8) is 0 Å². The van der Waals surface area contributed by atoms with Gasteiger partial charge in [-0.05, 0) is 31.6 Å². The highest BCUT2D eigenvalue weighted by Gasteiger charge is 2.18. The monoisotopic (exact) mass is 156 g/mol. The zero-order chi connectivity index (χ0) is 8.10. The Balaban J connectivity index is 2.07. The first kappa shape index (κ1) is 9.05. The molecule has 0 spiro atoms. The summed E-state index contributed by atoms with van der Waals surface area (Å²) < 4.78 is 0. The molecular formula is C10H20O. The lowest BCUT2D eigenvalue weighted by atomic mass is 9.84. The number of hydrogen-bond donors (Lipinski definition) is 1. The van der Waals surface area contributed by atoms with Crippen LogP contribution in [0.2, 0.25) is 0 Å². The molecule has 0 saturated heterocycles. The first-order valence-corrected chi connectivity index (χ1v) is 5.01. The van der Waals surface area contributed by atoms with Crippen molar-refractivity contribution in [2.75, 3.05) is 0 Å². The summed E-state index contributed by atoms with van der Waals surface area (Å²) in [4.78, 5) is 0. The molecular weight excluding hydrogens is 136 g/mol. The van der Waals surface area contributed by atoms with E-state index in [2.05, 4.69) is 6.92 Å². The molecule has 0 aromatic heterocycles. The van der Waals surface area contributed by atoms with E-state index in [4.69, 9.17) is 0 Å². The zero-order valence-electron chi connectivity index (χ0n) is 7.55. The van der Waals surface area contributed by atoms with E-state index in [0.717, 1.165) is 18.8 Å². The van der Waals surface area contributed by atoms with E-state index in [1.54, 1.807) is 0 Å². The fourth-order valence-electron chi connectivity index (χ4n) is 1.93. The van der Waals surface area contributed by atoms with Crippen molar-refractivity contribution in [3.05, 3.63) is 0 Å². The summed E-state index contributed by atoms with van der Waals surface area (Å²) in [7, 11) is 0. The van der Waals surface area contributed by atoms with E-state index in [9.17, 15) is 5.11 Å². The normalized spacial score (nSPS) is 32.2. The average Bonchev–Trinajstić information content (AvgIpc) is 2.04. The molecule has 0 radical (unpaired) electrons. The summed E-state index contributed by atoms with van der Waals surface area (Å²) in [6.07, 6.45) is 8.74. The Morgan fingerprint density at radius 3 is 2.36 bits per heavy atom. The Hall–Kier alpha value is -0.0400. The predicted octanol–water partition coefficient (Wildman–Crippen LogP) is 2.73. The van der Waals surface area contributed by atoms with Crippen molar-refractivity contribution >= 4 is 0 Å². The largest absolute Gasteiger partial charge is 0.393 e. The van der Waals surface area contributed by atoms with Gasteiger partial charge in [0.15, 0.2) is 0 Å². The molecule has 0 bridgehead atoms. The first-order chi connectivity index (χ1) is 5.33. The Kier molecular flexibility index (Phi) is 3.92. The topological polar surface area (TPSA) is 20.2 Å². The van der Waals surface area contributed by atoms with Crippen LogP contribution in [0.25, 0.3) is 0 Å². The zero-order valence-corrected chi connectivity index (χ0v) is 7.55. The Morgan fingerprint density at radius 2 is 1.82 bits per heavy atom. The van der Waals surface area contributed by atoms with Crippen LogP contribution in [0, 0.1) is 5.92 Å². The van der Waals surface area contributed by atoms with E-state index >= 15 is 0 Å². The van der Waals surface area contributed by atoms with Gasteiger partial charge in [-0.25, -0.2) is 0 Å². The summed E-state index contributed by atoms with van der Waals surface area (Å²) in [5.74, 6) is 0.929. The minimum Gasteiger partial charge on any atom is -0.393 e. The molecule has 0 amide bonds. The van der Waals surface area contributed by atoms with Gasteiger partial charge in [-0.15, -0.1) is 0 Å². The molecule has 0 heterocycles. The summed E-state index contributed by atoms with van der Waals surface area (Å²) in [6, 6.07) is 0. The highest BCUT2D eigenvalue weighted by Crippen LogP contribution is 2.27. The number of rotatable bonds is 3. The average molecular weight is 156 g/mol. The lowest BCUT2D eigenvalue weighted by molar-refractivity contribution is 0.106. The third kappa shape index (κ3) is 3.24. The third-order valence-electron chi connectivity index (χ3n) is 2.78. The van der Waals surface area contributed by atoms with E-state index in [0.29, 0.717) is 0 Å². The summed E-state index contributed by atoms with van der Waals surface area (Å²) in [5, 5.41) is 9.25. The molecule has 1 rings (SSSR count). The van der Waals surface area contributed by atoms with Gasteiger partial charge in [0.1, 0.15) is 0 Å². The molecule has 1 aliphatic carbocycles. The predicted molar refractivity (Wildman–Crippen MR) is 47.5 cm³/mol. The van der Waals surface area contributed by atoms with Crippen molar-refractivity contribution in [3.8, 4) is 0 Å². The van der Waals surface area contributed by atoms with Crippen molar-refractivity contribution < 1.29 is 5.11 Å². The summed E-state index contributed by atoms with van der Waals surface area (Å²) in [6.45, 7) is 2.25. The highest BCUT2D eigenvalue weighted by molar-refractivity contribution is 4.71. The maximum Gasteiger partial charge on any atom is 0.0540 e. The van der Waals surface area contributed by atoms with Crippen molar-refractivity contribution in [1.82, 2.24) is 0 Å². The second-order valence-corrected chi connectivity index (χ2v) is 3.82. The molecule has 66 valence electrons. The van der Waals surface area contributed by atoms with Crippen molar-refractivity contribution in [2.45, 2.75) is 58.0 Å². The lowest BCUT2D eigenvalue weighted by Crippen LogP contribution is -2.17. The highest BCUT2D eigenvalue weighted by atomic mass is 16.3. The van der Waals surface area contributed by atoms with Crippen molar-refractivity contribution in [2.24, 2.45) is 5.92 Å². The van der Waals surface area contributed by atoms with Gasteiger partial charge < -0.3 is 5.11 Å². The quantitative estimate of drug-likeness (QED) is 0.666. The van der Waals surface area contributed by atoms with Gasteiger partial charge in [0.05, 0.1) is 6.10 Å². The summed E-state index contributed by atoms with van der Waals surface area (Å²) in [5.41, 5.74) is 0. The van der Waals surface area contributed by atoms with Crippen LogP contribution in [-0.2, 0) is 0 Å². The van der Waals surface area contributed by atoms with Gasteiger partial charge in [0.25, 0.3) is 0 Å². The molecule has 0 aromatic rings. The van der Waals surface area contributed by atoms with Gasteiger partial charge in [0.2, 0.25) is 0 Å². The second-order valence-electron chi connectivity index (χ2n) is 3.82. The van der Waals surface area contributed by atoms with Crippen LogP contribution in [-0.4, -0.2) is 11.2 Å². The van der Waals surface area contributed by atoms with Crippen LogP contribution in [0.4, 0.5) is 0 Å². The lowest BCUT2D eigenvalue weighted by Gasteiger charge is -2.24. The van der Waals surface area contributed by atoms with Crippen LogP contribution in [0.1, 0.15) is 51.9 Å². The molecule has 1 heteroatoms. The van der Waals surface area contributed by atoms with Crippen molar-refractivity contribution in [1.29, 1.82) is 0 Å². The van der Waals surface area contributed by atoms with Gasteiger partial charge in [0, 0.05) is 0 Å². The smallest absolute Gasteiger partial charge is 0.0540 e. The molecule has 11 heavy (non-hydrogen) atoms. The fourth-order valence-corrected chi connectivity index (χ4v) is 1.93. The molecule has 1 N–H and O–H groups in total. The fraction of sp³-hybridized carbons (Fsp3) is 1.00. The second kappa shape index (κ2) is 4.76. The van der Waals surface area contributed by atoms with E-state index in [1.807, 2.05) is 0 Å². The maximum absolute atomic E-state index is 9.25. The van der Waals surface area contributed by atoms with Crippen LogP contribution in [0.5, 0.6) is 0 Å². The molecule has 0 aliphatic heterocycles. The number of aliphatic hydroxyl groups is 1. The number of unbranched alkanes of at least 4 members (excludes halogenated alkanes) is 1. The number of hydrogen-bond acceptors (Lipinski definition) is 1. The molecule has 0 aromatic carbocycles. The molecule has 1 aliphatic rings. The minimum absolute atomic E-state index is 0.0212. The van der Waals surface area contributed by atoms with E-state index in [1.165, 1.54) is 32.1 Å². The van der Waals surface area contributed by atoms with Gasteiger partial charge >= 0.3 is 0 Å². The molecule has 1 saturated carbocycles. The number of aliphatic hydroxyl groups excluding tert-OH is 1. The van der Waals surface area contributed by atoms with Gasteiger partial charge in [-0.3, -0.25) is 0 Å². The molecule has 1 nitrogen and oxygen atoms in total. The van der Waals surface area contributed by atoms with Crippen LogP contribution in [0.15, 0.2) is 0 Å². The Labute approximate surface area is 69.8 Å². The first-order valence-electron chi connectivity index (χ1n) is 5.01. The van der Waals surface area contributed by atoms with Crippen LogP contribution in [0.3, 0.4) is 0 Å². The van der Waals surface area contributed by atoms with Crippen LogP contribution < -0.4 is 0 Å². The molecule has 0 atom stereocenters. The Bertz CT molecular complexity index is 90.3. The van der Waals surface area contributed by atoms with Gasteiger partial charge in [-0.1, -0.05) is 26.2 Å². The Morgan fingerprint density at radius 1 is 1.18 bits per heavy atom. The standard InChI is InChI=1S/C10H20O/c1-2-3-4-9-5-7-10(11)8-6-9/h9-11H,2-8H2,1H3/t9-,10+. The molecule has 1 fully saturated rings. The third-order valence-corrected chi connectivity index (χ3v) is 2.78.